The molecular formula is C26H29FN2O5S. The lowest BCUT2D eigenvalue weighted by molar-refractivity contribution is 0.0907. The monoisotopic (exact) mass is 500 g/mol. The largest absolute Gasteiger partial charge is 0.445 e. The van der Waals surface area contributed by atoms with E-state index in [0.29, 0.717) is 13.0 Å². The highest BCUT2D eigenvalue weighted by Crippen LogP contribution is 2.34. The number of nitrogens with two attached hydrogens (primary N) is 1. The highest BCUT2D eigenvalue weighted by Gasteiger charge is 2.37. The van der Waals surface area contributed by atoms with Gasteiger partial charge in [0.05, 0.1) is 10.9 Å². The molecule has 0 bridgehead atoms. The van der Waals surface area contributed by atoms with Crippen molar-refractivity contribution in [3.05, 3.63) is 101 Å². The minimum atomic E-state index is -4.02. The zero-order valence-corrected chi connectivity index (χ0v) is 20.4. The van der Waals surface area contributed by atoms with Gasteiger partial charge >= 0.3 is 6.09 Å². The van der Waals surface area contributed by atoms with Crippen LogP contribution in [-0.2, 0) is 21.5 Å². The first-order valence-electron chi connectivity index (χ1n) is 11.1. The fourth-order valence-electron chi connectivity index (χ4n) is 3.90. The Labute approximate surface area is 205 Å². The minimum Gasteiger partial charge on any atom is -0.445 e. The van der Waals surface area contributed by atoms with E-state index in [-0.39, 0.29) is 35.5 Å². The maximum absolute atomic E-state index is 13.4. The number of nitrogens with zero attached hydrogens (tertiary/aromatic N) is 1. The summed E-state index contributed by atoms with van der Waals surface area (Å²) in [5.41, 5.74) is 9.76. The molecule has 35 heavy (non-hydrogen) atoms. The van der Waals surface area contributed by atoms with Crippen molar-refractivity contribution in [2.75, 3.05) is 6.54 Å². The summed E-state index contributed by atoms with van der Waals surface area (Å²) in [6, 6.07) is 19.6. The van der Waals surface area contributed by atoms with E-state index in [4.69, 9.17) is 15.0 Å². The molecule has 0 unspecified atom stereocenters. The van der Waals surface area contributed by atoms with Gasteiger partial charge in [0, 0.05) is 12.6 Å². The number of rotatable bonds is 4. The van der Waals surface area contributed by atoms with Crippen LogP contribution in [0, 0.1) is 19.7 Å². The third kappa shape index (κ3) is 7.11. The molecule has 4 rings (SSSR count). The Bertz CT molecular complexity index is 1250. The Morgan fingerprint density at radius 3 is 2.34 bits per heavy atom. The summed E-state index contributed by atoms with van der Waals surface area (Å²) in [5.74, 6) is -0.291. The van der Waals surface area contributed by atoms with Gasteiger partial charge in [0.2, 0.25) is 0 Å². The molecule has 0 spiro atoms. The number of likely N-dealkylation sites (tertiary alicyclic amines) is 1. The summed E-state index contributed by atoms with van der Waals surface area (Å²) < 4.78 is 48.3. The summed E-state index contributed by atoms with van der Waals surface area (Å²) in [6.07, 6.45) is 0.308. The summed E-state index contributed by atoms with van der Waals surface area (Å²) in [7, 11) is -4.02. The molecule has 0 radical (unpaired) electrons. The van der Waals surface area contributed by atoms with Crippen molar-refractivity contribution in [3.8, 4) is 0 Å². The Balaban J connectivity index is 0.000000261. The average molecular weight is 501 g/mol. The normalized spacial score (nSPS) is 17.5. The van der Waals surface area contributed by atoms with Crippen molar-refractivity contribution in [1.82, 2.24) is 4.90 Å². The van der Waals surface area contributed by atoms with E-state index in [1.54, 1.807) is 23.1 Å². The smallest absolute Gasteiger partial charge is 0.410 e. The van der Waals surface area contributed by atoms with Gasteiger partial charge in [-0.05, 0) is 61.2 Å². The van der Waals surface area contributed by atoms with Crippen LogP contribution in [0.1, 0.15) is 34.7 Å². The zero-order chi connectivity index (χ0) is 25.6. The SMILES string of the molecule is Cc1cc(F)ccc1[C@H]1[C@H](N)CCN1C(=O)OCc1ccccc1.Cc1ccc(S(=O)(=O)O)cc1. The fraction of sp³-hybridized carbons (Fsp3) is 0.269. The van der Waals surface area contributed by atoms with Crippen LogP contribution in [0.25, 0.3) is 0 Å². The summed E-state index contributed by atoms with van der Waals surface area (Å²) in [6.45, 7) is 4.43. The van der Waals surface area contributed by atoms with Gasteiger partial charge in [-0.3, -0.25) is 9.45 Å². The van der Waals surface area contributed by atoms with Gasteiger partial charge in [0.15, 0.2) is 0 Å². The average Bonchev–Trinajstić information content (AvgIpc) is 3.19. The van der Waals surface area contributed by atoms with Crippen LogP contribution in [0.4, 0.5) is 9.18 Å². The fourth-order valence-corrected chi connectivity index (χ4v) is 4.38. The van der Waals surface area contributed by atoms with Gasteiger partial charge in [-0.25, -0.2) is 9.18 Å². The lowest BCUT2D eigenvalue weighted by atomic mass is 9.96. The van der Waals surface area contributed by atoms with Crippen LogP contribution in [0.2, 0.25) is 0 Å². The van der Waals surface area contributed by atoms with Crippen LogP contribution in [0.3, 0.4) is 0 Å². The van der Waals surface area contributed by atoms with Gasteiger partial charge in [-0.1, -0.05) is 54.1 Å². The Hall–Kier alpha value is -3.27. The van der Waals surface area contributed by atoms with E-state index in [9.17, 15) is 17.6 Å². The molecule has 0 aliphatic carbocycles. The van der Waals surface area contributed by atoms with Crippen molar-refractivity contribution in [1.29, 1.82) is 0 Å². The predicted molar refractivity (Wildman–Crippen MR) is 131 cm³/mol. The first kappa shape index (κ1) is 26.3. The molecule has 186 valence electrons. The quantitative estimate of drug-likeness (QED) is 0.499. The molecule has 1 aliphatic rings. The van der Waals surface area contributed by atoms with E-state index < -0.39 is 10.1 Å². The number of carbonyl (C=O) groups excluding carboxylic acids is 1. The van der Waals surface area contributed by atoms with Gasteiger partial charge < -0.3 is 10.5 Å². The lowest BCUT2D eigenvalue weighted by Gasteiger charge is -2.27. The van der Waals surface area contributed by atoms with Crippen LogP contribution in [-0.4, -0.2) is 36.6 Å². The minimum absolute atomic E-state index is 0.0666. The summed E-state index contributed by atoms with van der Waals surface area (Å²) >= 11 is 0. The molecule has 3 aromatic carbocycles. The number of aryl methyl sites for hydroxylation is 2. The van der Waals surface area contributed by atoms with E-state index in [2.05, 4.69) is 0 Å². The summed E-state index contributed by atoms with van der Waals surface area (Å²) in [5, 5.41) is 0. The number of amides is 1. The van der Waals surface area contributed by atoms with Crippen molar-refractivity contribution >= 4 is 16.2 Å². The highest BCUT2D eigenvalue weighted by atomic mass is 32.2. The molecule has 1 fully saturated rings. The predicted octanol–water partition coefficient (Wildman–Crippen LogP) is 4.79. The third-order valence-corrected chi connectivity index (χ3v) is 6.62. The molecule has 3 aromatic rings. The van der Waals surface area contributed by atoms with Gasteiger partial charge in [0.1, 0.15) is 12.4 Å². The van der Waals surface area contributed by atoms with Crippen molar-refractivity contribution in [2.45, 2.75) is 43.9 Å². The first-order valence-corrected chi connectivity index (χ1v) is 12.5. The van der Waals surface area contributed by atoms with Crippen LogP contribution in [0.15, 0.2) is 77.7 Å². The van der Waals surface area contributed by atoms with Crippen molar-refractivity contribution < 1.29 is 26.9 Å². The van der Waals surface area contributed by atoms with Crippen molar-refractivity contribution in [2.24, 2.45) is 5.73 Å². The standard InChI is InChI=1S/C19H21FN2O2.C7H8O3S/c1-13-11-15(20)7-8-16(13)18-17(21)9-10-22(18)19(23)24-12-14-5-3-2-4-6-14;1-6-2-4-7(5-3-6)11(8,9)10/h2-8,11,17-18H,9-10,12,21H2,1H3;2-5H,1H3,(H,8,9,10)/t17-,18+;/m1./s1. The maximum atomic E-state index is 13.4. The van der Waals surface area contributed by atoms with E-state index in [1.807, 2.05) is 44.2 Å². The second kappa shape index (κ2) is 11.4. The topological polar surface area (TPSA) is 110 Å². The molecule has 2 atom stereocenters. The van der Waals surface area contributed by atoms with Crippen LogP contribution in [0.5, 0.6) is 0 Å². The maximum Gasteiger partial charge on any atom is 0.410 e. The Kier molecular flexibility index (Phi) is 8.61. The molecule has 9 heteroatoms. The summed E-state index contributed by atoms with van der Waals surface area (Å²) in [4.78, 5) is 14.1. The van der Waals surface area contributed by atoms with E-state index in [1.165, 1.54) is 24.3 Å². The number of halogens is 1. The number of hydrogen-bond donors (Lipinski definition) is 2. The van der Waals surface area contributed by atoms with Crippen LogP contribution < -0.4 is 5.73 Å². The van der Waals surface area contributed by atoms with Gasteiger partial charge in [-0.15, -0.1) is 0 Å². The molecular weight excluding hydrogens is 471 g/mol. The molecule has 3 N–H and O–H groups in total. The molecule has 1 heterocycles. The van der Waals surface area contributed by atoms with E-state index >= 15 is 0 Å². The Morgan fingerprint density at radius 1 is 1.09 bits per heavy atom. The second-order valence-corrected chi connectivity index (χ2v) is 9.84. The molecule has 0 saturated carbocycles. The number of ether oxygens (including phenoxy) is 1. The van der Waals surface area contributed by atoms with Crippen molar-refractivity contribution in [3.63, 3.8) is 0 Å². The molecule has 1 saturated heterocycles. The zero-order valence-electron chi connectivity index (χ0n) is 19.6. The second-order valence-electron chi connectivity index (χ2n) is 8.42. The first-order chi connectivity index (χ1) is 16.6. The lowest BCUT2D eigenvalue weighted by Crippen LogP contribution is -2.36. The number of carbonyl (C=O) groups is 1. The molecule has 7 nitrogen and oxygen atoms in total. The highest BCUT2D eigenvalue weighted by molar-refractivity contribution is 7.85. The molecule has 0 aromatic heterocycles. The molecule has 1 amide bonds. The molecule has 1 aliphatic heterocycles. The van der Waals surface area contributed by atoms with Gasteiger partial charge in [0.25, 0.3) is 10.1 Å². The van der Waals surface area contributed by atoms with Gasteiger partial charge in [-0.2, -0.15) is 8.42 Å². The van der Waals surface area contributed by atoms with E-state index in [0.717, 1.165) is 22.3 Å². The number of hydrogen-bond acceptors (Lipinski definition) is 5. The third-order valence-electron chi connectivity index (χ3n) is 5.75. The van der Waals surface area contributed by atoms with Crippen LogP contribution >= 0.6 is 0 Å². The number of benzene rings is 3. The Morgan fingerprint density at radius 2 is 1.74 bits per heavy atom.